The molecule has 0 unspecified atom stereocenters. The topological polar surface area (TPSA) is 29.5 Å². The van der Waals surface area contributed by atoms with E-state index < -0.39 is 8.07 Å². The molecule has 0 saturated carbocycles. The average molecular weight is 364 g/mol. The molecule has 0 aliphatic rings. The minimum Gasteiger partial charge on any atom is -0.496 e. The van der Waals surface area contributed by atoms with Gasteiger partial charge in [0.2, 0.25) is 0 Å². The Hall–Kier alpha value is -1.29. The molecule has 0 radical (unpaired) electrons. The zero-order valence-electron chi connectivity index (χ0n) is 17.6. The van der Waals surface area contributed by atoms with Crippen LogP contribution in [0.2, 0.25) is 16.6 Å². The number of carbonyl (C=O) groups excluding carboxylic acids is 1. The van der Waals surface area contributed by atoms with Gasteiger partial charge in [0.1, 0.15) is 5.75 Å². The quantitative estimate of drug-likeness (QED) is 0.604. The monoisotopic (exact) mass is 363 g/mol. The van der Waals surface area contributed by atoms with Crippen molar-refractivity contribution < 1.29 is 9.53 Å². The van der Waals surface area contributed by atoms with E-state index in [0.717, 1.165) is 5.56 Å². The lowest BCUT2D eigenvalue weighted by Gasteiger charge is -2.45. The standard InChI is InChI=1S/C21H37NO2Si/c1-10-22(11-2)21(23)20-18(24-9)13-12-14-19(20)25(15(3)4,16(5)6)17(7)8/h12-17H,10-11H2,1-9H3. The van der Waals surface area contributed by atoms with Gasteiger partial charge in [0.05, 0.1) is 20.7 Å². The van der Waals surface area contributed by atoms with Crippen LogP contribution in [0.4, 0.5) is 0 Å². The summed E-state index contributed by atoms with van der Waals surface area (Å²) in [6.07, 6.45) is 0. The van der Waals surface area contributed by atoms with Crippen molar-refractivity contribution in [3.05, 3.63) is 23.8 Å². The van der Waals surface area contributed by atoms with Crippen LogP contribution < -0.4 is 9.92 Å². The summed E-state index contributed by atoms with van der Waals surface area (Å²) in [6, 6.07) is 6.19. The van der Waals surface area contributed by atoms with Gasteiger partial charge in [0, 0.05) is 13.1 Å². The minimum atomic E-state index is -1.96. The van der Waals surface area contributed by atoms with Gasteiger partial charge in [-0.25, -0.2) is 0 Å². The zero-order valence-corrected chi connectivity index (χ0v) is 18.6. The lowest BCUT2D eigenvalue weighted by molar-refractivity contribution is 0.0771. The molecule has 0 bridgehead atoms. The summed E-state index contributed by atoms with van der Waals surface area (Å²) < 4.78 is 5.66. The van der Waals surface area contributed by atoms with Crippen molar-refractivity contribution in [3.63, 3.8) is 0 Å². The fourth-order valence-corrected chi connectivity index (χ4v) is 11.8. The maximum Gasteiger partial charge on any atom is 0.257 e. The summed E-state index contributed by atoms with van der Waals surface area (Å²) in [7, 11) is -0.289. The highest BCUT2D eigenvalue weighted by Gasteiger charge is 2.47. The third kappa shape index (κ3) is 3.79. The second-order valence-electron chi connectivity index (χ2n) is 7.76. The summed E-state index contributed by atoms with van der Waals surface area (Å²) in [4.78, 5) is 15.3. The minimum absolute atomic E-state index is 0.108. The predicted octanol–water partition coefficient (Wildman–Crippen LogP) is 5.06. The van der Waals surface area contributed by atoms with Crippen LogP contribution in [0.15, 0.2) is 18.2 Å². The number of carbonyl (C=O) groups is 1. The molecule has 0 aliphatic carbocycles. The van der Waals surface area contributed by atoms with Crippen molar-refractivity contribution in [2.75, 3.05) is 20.2 Å². The van der Waals surface area contributed by atoms with Crippen LogP contribution in [0, 0.1) is 0 Å². The van der Waals surface area contributed by atoms with Crippen molar-refractivity contribution in [1.29, 1.82) is 0 Å². The van der Waals surface area contributed by atoms with Gasteiger partial charge in [0.25, 0.3) is 5.91 Å². The van der Waals surface area contributed by atoms with Crippen LogP contribution in [0.5, 0.6) is 5.75 Å². The number of amides is 1. The lowest BCUT2D eigenvalue weighted by Crippen LogP contribution is -2.58. The van der Waals surface area contributed by atoms with E-state index in [0.29, 0.717) is 35.5 Å². The molecule has 0 atom stereocenters. The molecule has 0 heterocycles. The highest BCUT2D eigenvalue weighted by molar-refractivity contribution is 6.95. The Morgan fingerprint density at radius 2 is 1.48 bits per heavy atom. The van der Waals surface area contributed by atoms with Crippen molar-refractivity contribution >= 4 is 19.2 Å². The van der Waals surface area contributed by atoms with Crippen molar-refractivity contribution in [3.8, 4) is 5.75 Å². The molecule has 0 aromatic heterocycles. The molecular formula is C21H37NO2Si. The van der Waals surface area contributed by atoms with Gasteiger partial charge in [-0.15, -0.1) is 0 Å². The lowest BCUT2D eigenvalue weighted by atomic mass is 10.1. The van der Waals surface area contributed by atoms with Gasteiger partial charge < -0.3 is 9.64 Å². The summed E-state index contributed by atoms with van der Waals surface area (Å²) in [5.74, 6) is 0.824. The van der Waals surface area contributed by atoms with Crippen LogP contribution in [0.1, 0.15) is 65.7 Å². The predicted molar refractivity (Wildman–Crippen MR) is 111 cm³/mol. The van der Waals surface area contributed by atoms with E-state index in [2.05, 4.69) is 53.7 Å². The smallest absolute Gasteiger partial charge is 0.257 e. The number of hydrogen-bond donors (Lipinski definition) is 0. The molecule has 0 N–H and O–H groups in total. The number of nitrogens with zero attached hydrogens (tertiary/aromatic N) is 1. The van der Waals surface area contributed by atoms with Gasteiger partial charge in [-0.2, -0.15) is 0 Å². The van der Waals surface area contributed by atoms with E-state index in [4.69, 9.17) is 4.74 Å². The van der Waals surface area contributed by atoms with Crippen molar-refractivity contribution in [2.24, 2.45) is 0 Å². The Kier molecular flexibility index (Phi) is 7.73. The summed E-state index contributed by atoms with van der Waals surface area (Å²) >= 11 is 0. The maximum atomic E-state index is 13.4. The van der Waals surface area contributed by atoms with Gasteiger partial charge in [-0.3, -0.25) is 4.79 Å². The first-order valence-corrected chi connectivity index (χ1v) is 11.9. The molecule has 142 valence electrons. The van der Waals surface area contributed by atoms with Crippen molar-refractivity contribution in [2.45, 2.75) is 72.0 Å². The van der Waals surface area contributed by atoms with E-state index in [9.17, 15) is 4.79 Å². The molecule has 25 heavy (non-hydrogen) atoms. The molecule has 1 aromatic rings. The largest absolute Gasteiger partial charge is 0.496 e. The van der Waals surface area contributed by atoms with Gasteiger partial charge in [0.15, 0.2) is 0 Å². The number of methoxy groups -OCH3 is 1. The van der Waals surface area contributed by atoms with Gasteiger partial charge in [-0.05, 0) is 41.7 Å². The summed E-state index contributed by atoms with van der Waals surface area (Å²) in [6.45, 7) is 19.5. The van der Waals surface area contributed by atoms with E-state index in [1.54, 1.807) is 7.11 Å². The molecule has 0 spiro atoms. The molecule has 1 amide bonds. The number of benzene rings is 1. The highest BCUT2D eigenvalue weighted by atomic mass is 28.3. The van der Waals surface area contributed by atoms with E-state index >= 15 is 0 Å². The fraction of sp³-hybridized carbons (Fsp3) is 0.667. The van der Waals surface area contributed by atoms with Crippen LogP contribution in [-0.2, 0) is 0 Å². The third-order valence-electron chi connectivity index (χ3n) is 5.84. The Bertz CT molecular complexity index is 555. The molecule has 0 aliphatic heterocycles. The molecule has 0 fully saturated rings. The number of ether oxygens (including phenoxy) is 1. The second kappa shape index (κ2) is 8.88. The Morgan fingerprint density at radius 1 is 1.00 bits per heavy atom. The third-order valence-corrected chi connectivity index (χ3v) is 12.9. The normalized spacial score (nSPS) is 12.2. The van der Waals surface area contributed by atoms with E-state index in [-0.39, 0.29) is 5.91 Å². The molecule has 0 saturated heterocycles. The molecule has 1 rings (SSSR count). The zero-order chi connectivity index (χ0) is 19.4. The summed E-state index contributed by atoms with van der Waals surface area (Å²) in [5.41, 5.74) is 2.44. The SMILES string of the molecule is CCN(CC)C(=O)c1c(OC)cccc1[Si](C(C)C)(C(C)C)C(C)C. The molecular weight excluding hydrogens is 326 g/mol. The van der Waals surface area contributed by atoms with Crippen LogP contribution >= 0.6 is 0 Å². The van der Waals surface area contributed by atoms with Crippen molar-refractivity contribution in [1.82, 2.24) is 4.90 Å². The fourth-order valence-electron chi connectivity index (χ4n) is 4.88. The number of hydrogen-bond acceptors (Lipinski definition) is 2. The van der Waals surface area contributed by atoms with Gasteiger partial charge >= 0.3 is 0 Å². The summed E-state index contributed by atoms with van der Waals surface area (Å²) in [5, 5.41) is 1.27. The van der Waals surface area contributed by atoms with E-state index in [1.807, 2.05) is 24.8 Å². The molecule has 3 nitrogen and oxygen atoms in total. The first kappa shape index (κ1) is 21.7. The maximum absolute atomic E-state index is 13.4. The average Bonchev–Trinajstić information content (AvgIpc) is 2.55. The Balaban J connectivity index is 3.83. The van der Waals surface area contributed by atoms with Crippen LogP contribution in [-0.4, -0.2) is 39.1 Å². The first-order valence-electron chi connectivity index (χ1n) is 9.66. The molecule has 4 heteroatoms. The van der Waals surface area contributed by atoms with Gasteiger partial charge in [-0.1, -0.05) is 53.7 Å². The molecule has 1 aromatic carbocycles. The first-order chi connectivity index (χ1) is 11.7. The van der Waals surface area contributed by atoms with E-state index in [1.165, 1.54) is 5.19 Å². The Morgan fingerprint density at radius 3 is 1.84 bits per heavy atom. The highest BCUT2D eigenvalue weighted by Crippen LogP contribution is 2.42. The number of rotatable bonds is 8. The van der Waals surface area contributed by atoms with Crippen LogP contribution in [0.25, 0.3) is 0 Å². The Labute approximate surface area is 155 Å². The van der Waals surface area contributed by atoms with Crippen LogP contribution in [0.3, 0.4) is 0 Å². The second-order valence-corrected chi connectivity index (χ2v) is 13.6.